The number of nitrogens with one attached hydrogen (secondary N) is 1. The maximum Gasteiger partial charge on any atom is 0.0538 e. The van der Waals surface area contributed by atoms with Crippen molar-refractivity contribution in [1.82, 2.24) is 5.32 Å². The van der Waals surface area contributed by atoms with Crippen LogP contribution >= 0.6 is 11.3 Å². The van der Waals surface area contributed by atoms with Crippen molar-refractivity contribution in [2.75, 3.05) is 26.3 Å². The molecule has 0 bridgehead atoms. The predicted octanol–water partition coefficient (Wildman–Crippen LogP) is 3.51. The molecule has 1 aromatic rings. The number of thiophene rings is 1. The number of hydrogen-bond donors (Lipinski definition) is 1. The normalized spacial score (nSPS) is 23.4. The van der Waals surface area contributed by atoms with Gasteiger partial charge in [-0.05, 0) is 43.9 Å². The quantitative estimate of drug-likeness (QED) is 0.826. The van der Waals surface area contributed by atoms with Gasteiger partial charge in [0.1, 0.15) is 0 Å². The van der Waals surface area contributed by atoms with Crippen LogP contribution in [0.3, 0.4) is 0 Å². The Kier molecular flexibility index (Phi) is 5.43. The fraction of sp³-hybridized carbons (Fsp3) is 0.750. The van der Waals surface area contributed by atoms with Crippen molar-refractivity contribution in [2.24, 2.45) is 11.3 Å². The van der Waals surface area contributed by atoms with Gasteiger partial charge in [-0.3, -0.25) is 0 Å². The standard InChI is InChI=1S/C16H27NOS/c1-4-14-5-6-15(19-14)9-16(7-8-18-12-16)11-17-10-13(2)3/h5-6,13,17H,4,7-12H2,1-3H3. The van der Waals surface area contributed by atoms with Gasteiger partial charge in [-0.25, -0.2) is 0 Å². The summed E-state index contributed by atoms with van der Waals surface area (Å²) in [7, 11) is 0. The molecule has 1 saturated heterocycles. The van der Waals surface area contributed by atoms with Crippen LogP contribution in [0.4, 0.5) is 0 Å². The zero-order valence-electron chi connectivity index (χ0n) is 12.5. The van der Waals surface area contributed by atoms with E-state index in [9.17, 15) is 0 Å². The van der Waals surface area contributed by atoms with E-state index in [4.69, 9.17) is 4.74 Å². The molecule has 1 aliphatic heterocycles. The highest BCUT2D eigenvalue weighted by Crippen LogP contribution is 2.34. The molecule has 2 nitrogen and oxygen atoms in total. The van der Waals surface area contributed by atoms with E-state index in [1.54, 1.807) is 0 Å². The van der Waals surface area contributed by atoms with Crippen LogP contribution in [0.15, 0.2) is 12.1 Å². The van der Waals surface area contributed by atoms with Crippen LogP contribution < -0.4 is 5.32 Å². The molecule has 0 amide bonds. The number of rotatable bonds is 7. The second-order valence-electron chi connectivity index (χ2n) is 6.23. The van der Waals surface area contributed by atoms with Gasteiger partial charge in [-0.15, -0.1) is 11.3 Å². The molecule has 108 valence electrons. The van der Waals surface area contributed by atoms with E-state index in [1.165, 1.54) is 22.6 Å². The Balaban J connectivity index is 1.94. The first-order valence-corrected chi connectivity index (χ1v) is 8.31. The first-order chi connectivity index (χ1) is 9.13. The molecular formula is C16H27NOS. The smallest absolute Gasteiger partial charge is 0.0538 e. The number of aryl methyl sites for hydroxylation is 1. The Morgan fingerprint density at radius 1 is 1.37 bits per heavy atom. The van der Waals surface area contributed by atoms with Gasteiger partial charge in [0.2, 0.25) is 0 Å². The molecule has 2 heterocycles. The summed E-state index contributed by atoms with van der Waals surface area (Å²) in [5.41, 5.74) is 0.324. The van der Waals surface area contributed by atoms with Gasteiger partial charge in [0.05, 0.1) is 6.61 Å². The third-order valence-electron chi connectivity index (χ3n) is 3.85. The maximum atomic E-state index is 5.69. The zero-order chi connectivity index (χ0) is 13.7. The Labute approximate surface area is 121 Å². The summed E-state index contributed by atoms with van der Waals surface area (Å²) in [6.07, 6.45) is 3.51. The SMILES string of the molecule is CCc1ccc(CC2(CNCC(C)C)CCOC2)s1. The van der Waals surface area contributed by atoms with E-state index in [-0.39, 0.29) is 0 Å². The molecule has 0 saturated carbocycles. The molecule has 0 aliphatic carbocycles. The van der Waals surface area contributed by atoms with Crippen LogP contribution in [0.25, 0.3) is 0 Å². The summed E-state index contributed by atoms with van der Waals surface area (Å²) in [4.78, 5) is 3.02. The Hall–Kier alpha value is -0.380. The van der Waals surface area contributed by atoms with Gasteiger partial charge in [0.15, 0.2) is 0 Å². The highest BCUT2D eigenvalue weighted by atomic mass is 32.1. The summed E-state index contributed by atoms with van der Waals surface area (Å²) in [6.45, 7) is 10.8. The average Bonchev–Trinajstić information content (AvgIpc) is 2.99. The molecule has 0 spiro atoms. The Morgan fingerprint density at radius 2 is 2.16 bits per heavy atom. The molecule has 19 heavy (non-hydrogen) atoms. The van der Waals surface area contributed by atoms with E-state index < -0.39 is 0 Å². The highest BCUT2D eigenvalue weighted by molar-refractivity contribution is 7.11. The minimum absolute atomic E-state index is 0.324. The van der Waals surface area contributed by atoms with E-state index in [2.05, 4.69) is 38.2 Å². The third-order valence-corrected chi connectivity index (χ3v) is 5.08. The molecular weight excluding hydrogens is 254 g/mol. The summed E-state index contributed by atoms with van der Waals surface area (Å²) in [5, 5.41) is 3.63. The topological polar surface area (TPSA) is 21.3 Å². The molecule has 1 fully saturated rings. The number of ether oxygens (including phenoxy) is 1. The first kappa shape index (κ1) is 15.0. The van der Waals surface area contributed by atoms with Crippen molar-refractivity contribution >= 4 is 11.3 Å². The summed E-state index contributed by atoms with van der Waals surface area (Å²) >= 11 is 1.97. The lowest BCUT2D eigenvalue weighted by molar-refractivity contribution is 0.149. The molecule has 1 unspecified atom stereocenters. The molecule has 1 aromatic heterocycles. The number of hydrogen-bond acceptors (Lipinski definition) is 3. The summed E-state index contributed by atoms with van der Waals surface area (Å²) in [5.74, 6) is 0.716. The average molecular weight is 281 g/mol. The van der Waals surface area contributed by atoms with Gasteiger partial charge in [-0.1, -0.05) is 20.8 Å². The highest BCUT2D eigenvalue weighted by Gasteiger charge is 2.35. The third kappa shape index (κ3) is 4.30. The minimum atomic E-state index is 0.324. The zero-order valence-corrected chi connectivity index (χ0v) is 13.3. The van der Waals surface area contributed by atoms with E-state index in [0.717, 1.165) is 32.7 Å². The van der Waals surface area contributed by atoms with Crippen molar-refractivity contribution in [3.8, 4) is 0 Å². The van der Waals surface area contributed by atoms with Crippen LogP contribution in [0, 0.1) is 11.3 Å². The van der Waals surface area contributed by atoms with Gasteiger partial charge in [0, 0.05) is 28.3 Å². The minimum Gasteiger partial charge on any atom is -0.381 e. The Morgan fingerprint density at radius 3 is 2.74 bits per heavy atom. The molecule has 2 rings (SSSR count). The van der Waals surface area contributed by atoms with Gasteiger partial charge in [-0.2, -0.15) is 0 Å². The van der Waals surface area contributed by atoms with Crippen molar-refractivity contribution in [1.29, 1.82) is 0 Å². The largest absolute Gasteiger partial charge is 0.381 e. The molecule has 0 radical (unpaired) electrons. The van der Waals surface area contributed by atoms with Gasteiger partial charge in [0.25, 0.3) is 0 Å². The lowest BCUT2D eigenvalue weighted by Gasteiger charge is -2.27. The fourth-order valence-corrected chi connectivity index (χ4v) is 3.83. The van der Waals surface area contributed by atoms with Gasteiger partial charge < -0.3 is 10.1 Å². The molecule has 1 atom stereocenters. The van der Waals surface area contributed by atoms with Crippen LogP contribution in [0.5, 0.6) is 0 Å². The summed E-state index contributed by atoms with van der Waals surface area (Å²) in [6, 6.07) is 4.59. The second-order valence-corrected chi connectivity index (χ2v) is 7.48. The van der Waals surface area contributed by atoms with Crippen molar-refractivity contribution in [2.45, 2.75) is 40.0 Å². The van der Waals surface area contributed by atoms with Crippen LogP contribution in [0.2, 0.25) is 0 Å². The van der Waals surface area contributed by atoms with E-state index in [0.29, 0.717) is 11.3 Å². The van der Waals surface area contributed by atoms with Crippen molar-refractivity contribution in [3.05, 3.63) is 21.9 Å². The van der Waals surface area contributed by atoms with E-state index >= 15 is 0 Å². The molecule has 1 N–H and O–H groups in total. The van der Waals surface area contributed by atoms with E-state index in [1.807, 2.05) is 11.3 Å². The molecule has 3 heteroatoms. The summed E-state index contributed by atoms with van der Waals surface area (Å²) < 4.78 is 5.69. The lowest BCUT2D eigenvalue weighted by atomic mass is 9.83. The predicted molar refractivity (Wildman–Crippen MR) is 83.0 cm³/mol. The van der Waals surface area contributed by atoms with Crippen LogP contribution in [-0.2, 0) is 17.6 Å². The Bertz CT molecular complexity index is 380. The van der Waals surface area contributed by atoms with Crippen LogP contribution in [-0.4, -0.2) is 26.3 Å². The first-order valence-electron chi connectivity index (χ1n) is 7.49. The van der Waals surface area contributed by atoms with Crippen molar-refractivity contribution in [3.63, 3.8) is 0 Å². The molecule has 1 aliphatic rings. The van der Waals surface area contributed by atoms with Crippen molar-refractivity contribution < 1.29 is 4.74 Å². The lowest BCUT2D eigenvalue weighted by Crippen LogP contribution is -2.38. The fourth-order valence-electron chi connectivity index (χ4n) is 2.69. The second kappa shape index (κ2) is 6.87. The van der Waals surface area contributed by atoms with Crippen LogP contribution in [0.1, 0.15) is 36.9 Å². The maximum absolute atomic E-state index is 5.69. The molecule has 0 aromatic carbocycles. The van der Waals surface area contributed by atoms with Gasteiger partial charge >= 0.3 is 0 Å². The monoisotopic (exact) mass is 281 g/mol.